The number of H-pyrrole nitrogens is 1. The quantitative estimate of drug-likeness (QED) is 0.911. The first-order chi connectivity index (χ1) is 8.90. The average molecular weight is 320 g/mol. The Labute approximate surface area is 130 Å². The maximum atomic E-state index is 13.5. The predicted molar refractivity (Wildman–Crippen MR) is 86.0 cm³/mol. The number of halogens is 3. The van der Waals surface area contributed by atoms with Crippen LogP contribution in [0.4, 0.5) is 4.39 Å². The number of aromatic amines is 1. The van der Waals surface area contributed by atoms with Crippen LogP contribution >= 0.6 is 24.8 Å². The molecule has 0 saturated carbocycles. The molecule has 0 radical (unpaired) electrons. The molecule has 0 amide bonds. The molecule has 1 saturated heterocycles. The molecule has 0 unspecified atom stereocenters. The maximum Gasteiger partial charge on any atom is 0.109 e. The van der Waals surface area contributed by atoms with Crippen molar-refractivity contribution in [2.24, 2.45) is 0 Å². The van der Waals surface area contributed by atoms with Gasteiger partial charge >= 0.3 is 0 Å². The molecule has 1 aliphatic heterocycles. The van der Waals surface area contributed by atoms with Crippen LogP contribution in [-0.2, 0) is 0 Å². The molecule has 2 heterocycles. The Hall–Kier alpha value is -0.810. The van der Waals surface area contributed by atoms with Crippen molar-refractivity contribution in [1.29, 1.82) is 0 Å². The number of nitrogens with one attached hydrogen (secondary N) is 2. The molecule has 1 aliphatic rings. The molecule has 3 rings (SSSR count). The molecule has 112 valence electrons. The lowest BCUT2D eigenvalue weighted by molar-refractivity contribution is 0.148. The van der Waals surface area contributed by atoms with Crippen molar-refractivity contribution in [3.8, 4) is 0 Å². The van der Waals surface area contributed by atoms with Crippen LogP contribution in [0, 0.1) is 0 Å². The van der Waals surface area contributed by atoms with Crippen molar-refractivity contribution < 1.29 is 4.39 Å². The molecule has 2 N–H and O–H groups in total. The summed E-state index contributed by atoms with van der Waals surface area (Å²) in [6, 6.07) is 8.00. The van der Waals surface area contributed by atoms with Crippen molar-refractivity contribution >= 4 is 35.7 Å². The maximum absolute atomic E-state index is 13.5. The summed E-state index contributed by atoms with van der Waals surface area (Å²) in [4.78, 5) is 5.42. The highest BCUT2D eigenvalue weighted by atomic mass is 35.5. The zero-order valence-electron chi connectivity index (χ0n) is 11.1. The number of aromatic nitrogens is 1. The van der Waals surface area contributed by atoms with Crippen molar-refractivity contribution in [1.82, 2.24) is 15.2 Å². The van der Waals surface area contributed by atoms with Gasteiger partial charge in [-0.25, -0.2) is 4.39 Å². The molecule has 20 heavy (non-hydrogen) atoms. The van der Waals surface area contributed by atoms with Gasteiger partial charge in [0.05, 0.1) is 6.04 Å². The lowest BCUT2D eigenvalue weighted by Crippen LogP contribution is -2.45. The van der Waals surface area contributed by atoms with Crippen LogP contribution in [0.3, 0.4) is 0 Å². The first-order valence-electron chi connectivity index (χ1n) is 6.47. The zero-order chi connectivity index (χ0) is 12.4. The molecular weight excluding hydrogens is 300 g/mol. The van der Waals surface area contributed by atoms with Gasteiger partial charge < -0.3 is 10.3 Å². The molecular formula is C14H20Cl2FN3. The van der Waals surface area contributed by atoms with E-state index >= 15 is 0 Å². The summed E-state index contributed by atoms with van der Waals surface area (Å²) in [6.07, 6.45) is 1.92. The Morgan fingerprint density at radius 3 is 2.60 bits per heavy atom. The number of fused-ring (bicyclic) bond motifs is 1. The van der Waals surface area contributed by atoms with Gasteiger partial charge in [0.25, 0.3) is 0 Å². The lowest BCUT2D eigenvalue weighted by Gasteiger charge is -2.34. The smallest absolute Gasteiger partial charge is 0.109 e. The third-order valence-electron chi connectivity index (χ3n) is 3.73. The van der Waals surface area contributed by atoms with Gasteiger partial charge in [-0.3, -0.25) is 4.90 Å². The third kappa shape index (κ3) is 3.26. The Bertz CT molecular complexity index is 526. The highest BCUT2D eigenvalue weighted by Gasteiger charge is 2.23. The number of alkyl halides is 1. The van der Waals surface area contributed by atoms with Gasteiger partial charge in [-0.2, -0.15) is 0 Å². The van der Waals surface area contributed by atoms with E-state index in [2.05, 4.69) is 15.2 Å². The molecule has 0 aliphatic carbocycles. The van der Waals surface area contributed by atoms with Gasteiger partial charge in [0.2, 0.25) is 0 Å². The molecule has 2 aromatic rings. The zero-order valence-corrected chi connectivity index (χ0v) is 12.8. The summed E-state index contributed by atoms with van der Waals surface area (Å²) < 4.78 is 13.5. The van der Waals surface area contributed by atoms with Crippen LogP contribution in [0.1, 0.15) is 11.6 Å². The average Bonchev–Trinajstić information content (AvgIpc) is 2.90. The molecule has 0 bridgehead atoms. The largest absolute Gasteiger partial charge is 0.361 e. The second-order valence-corrected chi connectivity index (χ2v) is 4.74. The van der Waals surface area contributed by atoms with E-state index in [1.807, 2.05) is 30.5 Å². The Balaban J connectivity index is 0.000001000. The molecule has 1 atom stereocenters. The van der Waals surface area contributed by atoms with E-state index in [0.29, 0.717) is 0 Å². The third-order valence-corrected chi connectivity index (χ3v) is 3.73. The highest BCUT2D eigenvalue weighted by Crippen LogP contribution is 2.28. The topological polar surface area (TPSA) is 31.1 Å². The normalized spacial score (nSPS) is 17.2. The SMILES string of the molecule is Cl.Cl.FC[C@H](c1cccc2[nH]ccc12)N1CCNCC1. The van der Waals surface area contributed by atoms with E-state index in [0.717, 1.165) is 42.6 Å². The first kappa shape index (κ1) is 17.2. The van der Waals surface area contributed by atoms with Crippen LogP contribution in [0.5, 0.6) is 0 Å². The Kier molecular flexibility index (Phi) is 6.76. The van der Waals surface area contributed by atoms with Crippen molar-refractivity contribution in [3.05, 3.63) is 36.0 Å². The number of nitrogens with zero attached hydrogens (tertiary/aromatic N) is 1. The molecule has 1 aromatic heterocycles. The van der Waals surface area contributed by atoms with E-state index in [4.69, 9.17) is 0 Å². The van der Waals surface area contributed by atoms with E-state index < -0.39 is 0 Å². The molecule has 1 fully saturated rings. The monoisotopic (exact) mass is 319 g/mol. The van der Waals surface area contributed by atoms with Gasteiger partial charge in [-0.05, 0) is 17.7 Å². The summed E-state index contributed by atoms with van der Waals surface area (Å²) in [5, 5.41) is 4.44. The van der Waals surface area contributed by atoms with Gasteiger partial charge in [0.1, 0.15) is 6.67 Å². The van der Waals surface area contributed by atoms with Gasteiger partial charge in [-0.15, -0.1) is 24.8 Å². The minimum absolute atomic E-state index is 0. The number of hydrogen-bond acceptors (Lipinski definition) is 2. The minimum Gasteiger partial charge on any atom is -0.361 e. The predicted octanol–water partition coefficient (Wildman–Crippen LogP) is 2.93. The minimum atomic E-state index is -0.329. The van der Waals surface area contributed by atoms with Gasteiger partial charge in [0.15, 0.2) is 0 Å². The van der Waals surface area contributed by atoms with Crippen molar-refractivity contribution in [3.63, 3.8) is 0 Å². The summed E-state index contributed by atoms with van der Waals surface area (Å²) in [5.41, 5.74) is 2.18. The van der Waals surface area contributed by atoms with Crippen LogP contribution < -0.4 is 5.32 Å². The Morgan fingerprint density at radius 1 is 1.15 bits per heavy atom. The van der Waals surface area contributed by atoms with Crippen LogP contribution in [0.2, 0.25) is 0 Å². The van der Waals surface area contributed by atoms with E-state index in [9.17, 15) is 4.39 Å². The lowest BCUT2D eigenvalue weighted by atomic mass is 10.0. The number of piperazine rings is 1. The summed E-state index contributed by atoms with van der Waals surface area (Å²) in [6.45, 7) is 3.38. The first-order valence-corrected chi connectivity index (χ1v) is 6.47. The molecule has 0 spiro atoms. The van der Waals surface area contributed by atoms with Gasteiger partial charge in [0, 0.05) is 43.3 Å². The summed E-state index contributed by atoms with van der Waals surface area (Å²) >= 11 is 0. The van der Waals surface area contributed by atoms with E-state index in [1.54, 1.807) is 0 Å². The fraction of sp³-hybridized carbons (Fsp3) is 0.429. The Morgan fingerprint density at radius 2 is 1.90 bits per heavy atom. The highest BCUT2D eigenvalue weighted by molar-refractivity contribution is 5.85. The van der Waals surface area contributed by atoms with E-state index in [1.165, 1.54) is 0 Å². The summed E-state index contributed by atoms with van der Waals surface area (Å²) in [7, 11) is 0. The van der Waals surface area contributed by atoms with Gasteiger partial charge in [-0.1, -0.05) is 12.1 Å². The van der Waals surface area contributed by atoms with Crippen LogP contribution in [0.15, 0.2) is 30.5 Å². The second kappa shape index (κ2) is 7.84. The second-order valence-electron chi connectivity index (χ2n) is 4.74. The fourth-order valence-electron chi connectivity index (χ4n) is 2.77. The molecule has 6 heteroatoms. The fourth-order valence-corrected chi connectivity index (χ4v) is 2.77. The van der Waals surface area contributed by atoms with Crippen molar-refractivity contribution in [2.75, 3.05) is 32.9 Å². The standard InChI is InChI=1S/C14H18FN3.2ClH/c15-10-14(18-8-6-16-7-9-18)12-2-1-3-13-11(12)4-5-17-13;;/h1-5,14,16-17H,6-10H2;2*1H/t14-;;/m1../s1. The van der Waals surface area contributed by atoms with Crippen LogP contribution in [0.25, 0.3) is 10.9 Å². The van der Waals surface area contributed by atoms with Crippen molar-refractivity contribution in [2.45, 2.75) is 6.04 Å². The molecule has 3 nitrogen and oxygen atoms in total. The number of hydrogen-bond donors (Lipinski definition) is 2. The number of rotatable bonds is 3. The summed E-state index contributed by atoms with van der Waals surface area (Å²) in [5.74, 6) is 0. The van der Waals surface area contributed by atoms with Crippen LogP contribution in [-0.4, -0.2) is 42.7 Å². The van der Waals surface area contributed by atoms with E-state index in [-0.39, 0.29) is 37.5 Å². The number of benzene rings is 1. The molecule has 1 aromatic carbocycles.